The summed E-state index contributed by atoms with van der Waals surface area (Å²) < 4.78 is 52.5. The quantitative estimate of drug-likeness (QED) is 0.640. The van der Waals surface area contributed by atoms with Crippen LogP contribution in [0.1, 0.15) is 24.6 Å². The number of halogens is 1. The average molecular weight is 432 g/mol. The zero-order valence-corrected chi connectivity index (χ0v) is 17.7. The molecule has 1 fully saturated rings. The number of piperidine rings is 1. The molecule has 0 aromatic carbocycles. The summed E-state index contributed by atoms with van der Waals surface area (Å²) in [6.07, 6.45) is 2.11. The van der Waals surface area contributed by atoms with Gasteiger partial charge in [0, 0.05) is 30.6 Å². The van der Waals surface area contributed by atoms with Gasteiger partial charge in [0.1, 0.15) is 4.21 Å². The molecule has 1 aromatic rings. The SMILES string of the molecule is CCS(=O)(=O)NCCc1ccc(S(=O)(=O)N2CCC(NC)CC2)s1.Cl. The largest absolute Gasteiger partial charge is 0.317 e. The van der Waals surface area contributed by atoms with Crippen molar-refractivity contribution in [2.75, 3.05) is 32.4 Å². The Labute approximate surface area is 160 Å². The highest BCUT2D eigenvalue weighted by Crippen LogP contribution is 2.27. The van der Waals surface area contributed by atoms with Gasteiger partial charge in [0.05, 0.1) is 5.75 Å². The van der Waals surface area contributed by atoms with Gasteiger partial charge < -0.3 is 5.32 Å². The van der Waals surface area contributed by atoms with E-state index in [1.54, 1.807) is 19.1 Å². The molecule has 1 aliphatic rings. The van der Waals surface area contributed by atoms with Gasteiger partial charge >= 0.3 is 0 Å². The average Bonchev–Trinajstić information content (AvgIpc) is 3.04. The van der Waals surface area contributed by atoms with E-state index in [4.69, 9.17) is 0 Å². The van der Waals surface area contributed by atoms with Gasteiger partial charge in [0.25, 0.3) is 10.0 Å². The van der Waals surface area contributed by atoms with Gasteiger partial charge in [-0.1, -0.05) is 0 Å². The molecule has 146 valence electrons. The number of nitrogens with one attached hydrogen (secondary N) is 2. The second-order valence-electron chi connectivity index (χ2n) is 5.74. The maximum absolute atomic E-state index is 12.7. The maximum atomic E-state index is 12.7. The summed E-state index contributed by atoms with van der Waals surface area (Å²) in [5.41, 5.74) is 0. The number of nitrogens with zero attached hydrogens (tertiary/aromatic N) is 1. The van der Waals surface area contributed by atoms with Gasteiger partial charge in [-0.05, 0) is 45.4 Å². The molecule has 11 heteroatoms. The Bertz CT molecular complexity index is 741. The molecule has 25 heavy (non-hydrogen) atoms. The van der Waals surface area contributed by atoms with E-state index in [0.717, 1.165) is 17.7 Å². The zero-order valence-electron chi connectivity index (χ0n) is 14.4. The van der Waals surface area contributed by atoms with Crippen LogP contribution in [0.4, 0.5) is 0 Å². The van der Waals surface area contributed by atoms with Crippen molar-refractivity contribution >= 4 is 43.8 Å². The molecule has 1 saturated heterocycles. The molecule has 0 aliphatic carbocycles. The summed E-state index contributed by atoms with van der Waals surface area (Å²) in [6, 6.07) is 3.76. The molecule has 2 N–H and O–H groups in total. The lowest BCUT2D eigenvalue weighted by atomic mass is 10.1. The van der Waals surface area contributed by atoms with Gasteiger partial charge in [-0.2, -0.15) is 4.31 Å². The van der Waals surface area contributed by atoms with Crippen LogP contribution < -0.4 is 10.0 Å². The first-order chi connectivity index (χ1) is 11.3. The van der Waals surface area contributed by atoms with Crippen LogP contribution in [0.15, 0.2) is 16.3 Å². The molecule has 0 amide bonds. The van der Waals surface area contributed by atoms with E-state index in [1.165, 1.54) is 15.6 Å². The summed E-state index contributed by atoms with van der Waals surface area (Å²) in [5.74, 6) is 0.0413. The fourth-order valence-electron chi connectivity index (χ4n) is 2.58. The van der Waals surface area contributed by atoms with Gasteiger partial charge in [-0.15, -0.1) is 23.7 Å². The van der Waals surface area contributed by atoms with Crippen molar-refractivity contribution in [3.8, 4) is 0 Å². The maximum Gasteiger partial charge on any atom is 0.252 e. The summed E-state index contributed by atoms with van der Waals surface area (Å²) in [7, 11) is -4.76. The third-order valence-electron chi connectivity index (χ3n) is 4.17. The second-order valence-corrected chi connectivity index (χ2v) is 11.2. The number of hydrogen-bond acceptors (Lipinski definition) is 6. The topological polar surface area (TPSA) is 95.6 Å². The van der Waals surface area contributed by atoms with Crippen molar-refractivity contribution in [2.45, 2.75) is 36.4 Å². The molecule has 0 atom stereocenters. The molecule has 2 rings (SSSR count). The Kier molecular flexibility index (Phi) is 8.79. The Hall–Kier alpha value is -0.230. The minimum atomic E-state index is -3.45. The van der Waals surface area contributed by atoms with Gasteiger partial charge in [-0.3, -0.25) is 0 Å². The molecular weight excluding hydrogens is 406 g/mol. The van der Waals surface area contributed by atoms with Crippen molar-refractivity contribution in [3.63, 3.8) is 0 Å². The lowest BCUT2D eigenvalue weighted by molar-refractivity contribution is 0.299. The fraction of sp³-hybridized carbons (Fsp3) is 0.714. The zero-order chi connectivity index (χ0) is 17.8. The third-order valence-corrected chi connectivity index (χ3v) is 9.08. The molecular formula is C14H26ClN3O4S3. The summed E-state index contributed by atoms with van der Waals surface area (Å²) in [5, 5.41) is 3.18. The van der Waals surface area contributed by atoms with Crippen molar-refractivity contribution < 1.29 is 16.8 Å². The second kappa shape index (κ2) is 9.63. The Morgan fingerprint density at radius 3 is 2.40 bits per heavy atom. The van der Waals surface area contributed by atoms with Crippen LogP contribution in [0.25, 0.3) is 0 Å². The lowest BCUT2D eigenvalue weighted by Gasteiger charge is -2.30. The predicted octanol–water partition coefficient (Wildman–Crippen LogP) is 1.02. The van der Waals surface area contributed by atoms with Crippen LogP contribution in [0, 0.1) is 0 Å². The highest BCUT2D eigenvalue weighted by Gasteiger charge is 2.29. The molecule has 1 aromatic heterocycles. The first kappa shape index (κ1) is 22.8. The van der Waals surface area contributed by atoms with Crippen LogP contribution in [-0.2, 0) is 26.5 Å². The molecule has 0 saturated carbocycles. The molecule has 1 aliphatic heterocycles. The Morgan fingerprint density at radius 2 is 1.84 bits per heavy atom. The molecule has 2 heterocycles. The van der Waals surface area contributed by atoms with Crippen LogP contribution >= 0.6 is 23.7 Å². The van der Waals surface area contributed by atoms with Gasteiger partial charge in [-0.25, -0.2) is 21.6 Å². The lowest BCUT2D eigenvalue weighted by Crippen LogP contribution is -2.43. The standard InChI is InChI=1S/C14H25N3O4S3.ClH/c1-3-23(18,19)16-9-6-13-4-5-14(22-13)24(20,21)17-10-7-12(15-2)8-11-17;/h4-5,12,15-16H,3,6-11H2,1-2H3;1H. The van der Waals surface area contributed by atoms with Crippen LogP contribution in [0.3, 0.4) is 0 Å². The third kappa shape index (κ3) is 6.16. The number of sulfonamides is 2. The number of thiophene rings is 1. The molecule has 0 spiro atoms. The summed E-state index contributed by atoms with van der Waals surface area (Å²) in [4.78, 5) is 0.859. The van der Waals surface area contributed by atoms with Crippen molar-refractivity contribution in [1.82, 2.24) is 14.3 Å². The molecule has 7 nitrogen and oxygen atoms in total. The normalized spacial score (nSPS) is 17.4. The van der Waals surface area contributed by atoms with E-state index in [1.807, 2.05) is 7.05 Å². The van der Waals surface area contributed by atoms with E-state index < -0.39 is 20.0 Å². The van der Waals surface area contributed by atoms with E-state index in [2.05, 4.69) is 10.0 Å². The first-order valence-corrected chi connectivity index (χ1v) is 11.9. The van der Waals surface area contributed by atoms with Gasteiger partial charge in [0.15, 0.2) is 0 Å². The number of rotatable bonds is 8. The first-order valence-electron chi connectivity index (χ1n) is 8.02. The van der Waals surface area contributed by atoms with Gasteiger partial charge in [0.2, 0.25) is 10.0 Å². The Morgan fingerprint density at radius 1 is 1.20 bits per heavy atom. The molecule has 0 radical (unpaired) electrons. The van der Waals surface area contributed by atoms with E-state index in [0.29, 0.717) is 29.8 Å². The number of hydrogen-bond donors (Lipinski definition) is 2. The Balaban J connectivity index is 0.00000312. The summed E-state index contributed by atoms with van der Waals surface area (Å²) >= 11 is 1.22. The van der Waals surface area contributed by atoms with E-state index >= 15 is 0 Å². The minimum absolute atomic E-state index is 0. The minimum Gasteiger partial charge on any atom is -0.317 e. The van der Waals surface area contributed by atoms with E-state index in [-0.39, 0.29) is 24.7 Å². The molecule has 0 bridgehead atoms. The summed E-state index contributed by atoms with van der Waals surface area (Å²) in [6.45, 7) is 2.91. The van der Waals surface area contributed by atoms with E-state index in [9.17, 15) is 16.8 Å². The highest BCUT2D eigenvalue weighted by atomic mass is 35.5. The molecule has 0 unspecified atom stereocenters. The van der Waals surface area contributed by atoms with Crippen molar-refractivity contribution in [2.24, 2.45) is 0 Å². The highest BCUT2D eigenvalue weighted by molar-refractivity contribution is 7.91. The van der Waals surface area contributed by atoms with Crippen molar-refractivity contribution in [3.05, 3.63) is 17.0 Å². The predicted molar refractivity (Wildman–Crippen MR) is 104 cm³/mol. The van der Waals surface area contributed by atoms with Crippen LogP contribution in [0.5, 0.6) is 0 Å². The van der Waals surface area contributed by atoms with Crippen LogP contribution in [-0.4, -0.2) is 59.6 Å². The van der Waals surface area contributed by atoms with Crippen LogP contribution in [0.2, 0.25) is 0 Å². The smallest absolute Gasteiger partial charge is 0.252 e. The fourth-order valence-corrected chi connectivity index (χ4v) is 6.17. The monoisotopic (exact) mass is 431 g/mol. The van der Waals surface area contributed by atoms with Crippen molar-refractivity contribution in [1.29, 1.82) is 0 Å².